The van der Waals surface area contributed by atoms with Crippen LogP contribution in [-0.2, 0) is 9.59 Å². The Kier molecular flexibility index (Phi) is 14.3. The summed E-state index contributed by atoms with van der Waals surface area (Å²) in [4.78, 5) is 28.9. The smallest absolute Gasteiger partial charge is 0.258 e. The van der Waals surface area contributed by atoms with Crippen molar-refractivity contribution in [3.63, 3.8) is 0 Å². The highest BCUT2D eigenvalue weighted by Gasteiger charge is 2.29. The van der Waals surface area contributed by atoms with Crippen molar-refractivity contribution >= 4 is 34.4 Å². The van der Waals surface area contributed by atoms with Gasteiger partial charge < -0.3 is 5.11 Å². The molecule has 188 valence electrons. The summed E-state index contributed by atoms with van der Waals surface area (Å²) < 4.78 is 0. The van der Waals surface area contributed by atoms with Gasteiger partial charge in [-0.3, -0.25) is 15.0 Å². The van der Waals surface area contributed by atoms with E-state index in [0.717, 1.165) is 63.5 Å². The van der Waals surface area contributed by atoms with E-state index in [9.17, 15) is 14.7 Å². The van der Waals surface area contributed by atoms with Crippen LogP contribution in [0.25, 0.3) is 0 Å². The normalized spacial score (nSPS) is 16.0. The second-order valence-corrected chi connectivity index (χ2v) is 9.73. The minimum atomic E-state index is -0.214. The van der Waals surface area contributed by atoms with Crippen molar-refractivity contribution in [3.05, 3.63) is 42.5 Å². The minimum Gasteiger partial charge on any atom is -0.393 e. The van der Waals surface area contributed by atoms with Crippen LogP contribution in [0.1, 0.15) is 90.4 Å². The number of rotatable bonds is 17. The molecule has 2 rings (SSSR count). The Balaban J connectivity index is 1.52. The summed E-state index contributed by atoms with van der Waals surface area (Å²) in [6, 6.07) is 9.41. The average molecular weight is 488 g/mol. The predicted molar refractivity (Wildman–Crippen MR) is 142 cm³/mol. The quantitative estimate of drug-likeness (QED) is 0.200. The van der Waals surface area contributed by atoms with Gasteiger partial charge in [-0.25, -0.2) is 4.99 Å². The molecule has 0 aromatic heterocycles. The number of hydrogen-bond donors (Lipinski definition) is 2. The Morgan fingerprint density at radius 2 is 1.79 bits per heavy atom. The van der Waals surface area contributed by atoms with E-state index in [4.69, 9.17) is 0 Å². The zero-order valence-electron chi connectivity index (χ0n) is 20.6. The van der Waals surface area contributed by atoms with E-state index >= 15 is 0 Å². The summed E-state index contributed by atoms with van der Waals surface area (Å²) in [6.45, 7) is 2.22. The molecule has 1 aliphatic heterocycles. The van der Waals surface area contributed by atoms with Crippen molar-refractivity contribution in [2.24, 2.45) is 4.99 Å². The summed E-state index contributed by atoms with van der Waals surface area (Å²) in [5, 5.41) is 11.9. The van der Waals surface area contributed by atoms with Crippen molar-refractivity contribution in [1.29, 1.82) is 0 Å². The highest BCUT2D eigenvalue weighted by molar-refractivity contribution is 8.15. The zero-order chi connectivity index (χ0) is 24.4. The number of nitrogens with one attached hydrogen (secondary N) is 1. The molecular weight excluding hydrogens is 446 g/mol. The number of allylic oxidation sites excluding steroid dienone is 2. The number of hydrogen-bond acceptors (Lipinski definition) is 5. The van der Waals surface area contributed by atoms with Gasteiger partial charge in [0.1, 0.15) is 0 Å². The molecule has 0 saturated carbocycles. The summed E-state index contributed by atoms with van der Waals surface area (Å²) in [5.74, 6) is -0.0269. The monoisotopic (exact) mass is 487 g/mol. The van der Waals surface area contributed by atoms with Crippen LogP contribution in [0.3, 0.4) is 0 Å². The largest absolute Gasteiger partial charge is 0.393 e. The van der Waals surface area contributed by atoms with Crippen LogP contribution in [0.2, 0.25) is 0 Å². The Hall–Kier alpha value is -2.12. The van der Waals surface area contributed by atoms with E-state index in [1.54, 1.807) is 0 Å². The average Bonchev–Trinajstić information content (AvgIpc) is 3.17. The molecule has 1 atom stereocenters. The third-order valence-corrected chi connectivity index (χ3v) is 6.65. The number of amides is 2. The number of amidine groups is 1. The maximum atomic E-state index is 12.3. The number of aliphatic hydroxyl groups excluding tert-OH is 1. The fraction of sp³-hybridized carbons (Fsp3) is 0.593. The summed E-state index contributed by atoms with van der Waals surface area (Å²) in [5.41, 5.74) is 3.46. The molecule has 0 bridgehead atoms. The first-order chi connectivity index (χ1) is 16.6. The number of para-hydroxylation sites is 1. The van der Waals surface area contributed by atoms with E-state index in [-0.39, 0.29) is 23.7 Å². The van der Waals surface area contributed by atoms with Crippen molar-refractivity contribution in [2.45, 2.75) is 96.5 Å². The van der Waals surface area contributed by atoms with Gasteiger partial charge in [-0.05, 0) is 50.7 Å². The first kappa shape index (κ1) is 28.1. The number of carbonyl (C=O) groups excluding carboxylic acids is 2. The van der Waals surface area contributed by atoms with E-state index in [2.05, 4.69) is 29.5 Å². The van der Waals surface area contributed by atoms with Crippen molar-refractivity contribution in [2.75, 3.05) is 5.75 Å². The van der Waals surface area contributed by atoms with Gasteiger partial charge in [-0.2, -0.15) is 5.01 Å². The SMILES string of the molecule is CCCCC/C=C\CCC(O)CCCCCCCC(=O)NN1C(=O)CSC1=Nc1ccccc1. The lowest BCUT2D eigenvalue weighted by molar-refractivity contribution is -0.134. The lowest BCUT2D eigenvalue weighted by Gasteiger charge is -2.17. The number of aliphatic hydroxyl groups is 1. The van der Waals surface area contributed by atoms with Gasteiger partial charge in [0, 0.05) is 6.42 Å². The fourth-order valence-electron chi connectivity index (χ4n) is 3.72. The van der Waals surface area contributed by atoms with Crippen LogP contribution >= 0.6 is 11.8 Å². The molecule has 1 saturated heterocycles. The third kappa shape index (κ3) is 11.8. The Labute approximate surface area is 209 Å². The zero-order valence-corrected chi connectivity index (χ0v) is 21.4. The Morgan fingerprint density at radius 3 is 2.59 bits per heavy atom. The molecular formula is C27H41N3O3S. The molecule has 1 fully saturated rings. The molecule has 0 aliphatic carbocycles. The fourth-order valence-corrected chi connectivity index (χ4v) is 4.55. The molecule has 0 spiro atoms. The van der Waals surface area contributed by atoms with Gasteiger partial charge in [-0.1, -0.05) is 87.6 Å². The predicted octanol–water partition coefficient (Wildman–Crippen LogP) is 6.29. The maximum absolute atomic E-state index is 12.3. The molecule has 1 aromatic rings. The van der Waals surface area contributed by atoms with Crippen molar-refractivity contribution in [1.82, 2.24) is 10.4 Å². The Bertz CT molecular complexity index is 783. The minimum absolute atomic E-state index is 0.154. The molecule has 0 radical (unpaired) electrons. The lowest BCUT2D eigenvalue weighted by atomic mass is 10.0. The van der Waals surface area contributed by atoms with Gasteiger partial charge >= 0.3 is 0 Å². The lowest BCUT2D eigenvalue weighted by Crippen LogP contribution is -2.45. The second kappa shape index (κ2) is 17.3. The number of thioether (sulfide) groups is 1. The van der Waals surface area contributed by atoms with E-state index in [1.807, 2.05) is 30.3 Å². The van der Waals surface area contributed by atoms with Gasteiger partial charge in [-0.15, -0.1) is 0 Å². The summed E-state index contributed by atoms with van der Waals surface area (Å²) in [6.07, 6.45) is 17.1. The van der Waals surface area contributed by atoms with Crippen molar-refractivity contribution < 1.29 is 14.7 Å². The van der Waals surface area contributed by atoms with Crippen LogP contribution < -0.4 is 5.43 Å². The molecule has 2 N–H and O–H groups in total. The third-order valence-electron chi connectivity index (χ3n) is 5.73. The van der Waals surface area contributed by atoms with Crippen LogP contribution in [0.4, 0.5) is 5.69 Å². The number of benzene rings is 1. The second-order valence-electron chi connectivity index (χ2n) is 8.79. The molecule has 34 heavy (non-hydrogen) atoms. The van der Waals surface area contributed by atoms with Crippen LogP contribution in [0, 0.1) is 0 Å². The van der Waals surface area contributed by atoms with E-state index in [1.165, 1.54) is 36.0 Å². The molecule has 7 heteroatoms. The molecule has 6 nitrogen and oxygen atoms in total. The highest BCUT2D eigenvalue weighted by Crippen LogP contribution is 2.22. The first-order valence-corrected chi connectivity index (χ1v) is 13.8. The van der Waals surface area contributed by atoms with Gasteiger partial charge in [0.25, 0.3) is 5.91 Å². The number of aliphatic imine (C=N–C) groups is 1. The first-order valence-electron chi connectivity index (χ1n) is 12.8. The van der Waals surface area contributed by atoms with Crippen molar-refractivity contribution in [3.8, 4) is 0 Å². The van der Waals surface area contributed by atoms with Gasteiger partial charge in [0.05, 0.1) is 17.5 Å². The summed E-state index contributed by atoms with van der Waals surface area (Å²) >= 11 is 1.33. The van der Waals surface area contributed by atoms with Gasteiger partial charge in [0.15, 0.2) is 5.17 Å². The van der Waals surface area contributed by atoms with Crippen LogP contribution in [0.15, 0.2) is 47.5 Å². The standard InChI is InChI=1S/C27H41N3O3S/c1-2-3-4-5-6-8-14-19-24(31)20-15-9-7-10-16-21-25(32)29-30-26(33)22-34-27(30)28-23-17-12-11-13-18-23/h6,8,11-13,17-18,24,31H,2-5,7,9-10,14-16,19-22H2,1H3,(H,29,32)/b8-6-,28-27?. The summed E-state index contributed by atoms with van der Waals surface area (Å²) in [7, 11) is 0. The molecule has 1 aliphatic rings. The number of carbonyl (C=O) groups is 2. The molecule has 1 heterocycles. The molecule has 2 amide bonds. The van der Waals surface area contributed by atoms with Crippen LogP contribution in [-0.4, -0.2) is 39.0 Å². The number of nitrogens with zero attached hydrogens (tertiary/aromatic N) is 2. The maximum Gasteiger partial charge on any atom is 0.258 e. The van der Waals surface area contributed by atoms with E-state index in [0.29, 0.717) is 11.6 Å². The van der Waals surface area contributed by atoms with Gasteiger partial charge in [0.2, 0.25) is 5.91 Å². The molecule has 1 aromatic carbocycles. The van der Waals surface area contributed by atoms with E-state index < -0.39 is 0 Å². The number of hydrazine groups is 1. The molecule has 1 unspecified atom stereocenters. The Morgan fingerprint density at radius 1 is 1.06 bits per heavy atom. The highest BCUT2D eigenvalue weighted by atomic mass is 32.2. The number of unbranched alkanes of at least 4 members (excludes halogenated alkanes) is 7. The topological polar surface area (TPSA) is 82.0 Å². The van der Waals surface area contributed by atoms with Crippen LogP contribution in [0.5, 0.6) is 0 Å².